The lowest BCUT2D eigenvalue weighted by Gasteiger charge is -2.15. The van der Waals surface area contributed by atoms with Crippen molar-refractivity contribution >= 4 is 17.7 Å². The van der Waals surface area contributed by atoms with Crippen molar-refractivity contribution in [1.82, 2.24) is 20.5 Å². The number of hydrogen-bond acceptors (Lipinski definition) is 5. The van der Waals surface area contributed by atoms with Crippen molar-refractivity contribution in [2.24, 2.45) is 0 Å². The Bertz CT molecular complexity index is 1000. The number of amides is 1. The van der Waals surface area contributed by atoms with Crippen molar-refractivity contribution in [1.29, 1.82) is 0 Å². The van der Waals surface area contributed by atoms with E-state index in [1.165, 1.54) is 22.9 Å². The molecule has 0 saturated carbocycles. The van der Waals surface area contributed by atoms with Crippen molar-refractivity contribution in [3.8, 4) is 22.5 Å². The van der Waals surface area contributed by atoms with E-state index in [1.807, 2.05) is 19.1 Å². The summed E-state index contributed by atoms with van der Waals surface area (Å²) in [6.07, 6.45) is 2.73. The third-order valence-electron chi connectivity index (χ3n) is 5.06. The molecule has 0 unspecified atom stereocenters. The van der Waals surface area contributed by atoms with Gasteiger partial charge in [0.25, 0.3) is 0 Å². The molecule has 3 aromatic rings. The van der Waals surface area contributed by atoms with Gasteiger partial charge in [0.05, 0.1) is 5.25 Å². The Morgan fingerprint density at radius 1 is 0.903 bits per heavy atom. The van der Waals surface area contributed by atoms with Gasteiger partial charge < -0.3 is 5.32 Å². The van der Waals surface area contributed by atoms with Gasteiger partial charge in [0, 0.05) is 17.7 Å². The van der Waals surface area contributed by atoms with E-state index in [4.69, 9.17) is 4.98 Å². The van der Waals surface area contributed by atoms with Crippen LogP contribution in [0.2, 0.25) is 0 Å². The lowest BCUT2D eigenvalue weighted by Crippen LogP contribution is -2.33. The summed E-state index contributed by atoms with van der Waals surface area (Å²) in [6, 6.07) is 16.5. The number of nitrogens with one attached hydrogen (secondary N) is 1. The smallest absolute Gasteiger partial charge is 0.233 e. The van der Waals surface area contributed by atoms with Crippen LogP contribution in [0.5, 0.6) is 0 Å². The van der Waals surface area contributed by atoms with Crippen LogP contribution in [0, 0.1) is 13.8 Å². The second-order valence-corrected chi connectivity index (χ2v) is 8.85. The summed E-state index contributed by atoms with van der Waals surface area (Å²) in [5.41, 5.74) is 5.86. The first-order valence-electron chi connectivity index (χ1n) is 10.8. The highest BCUT2D eigenvalue weighted by atomic mass is 32.2. The monoisotopic (exact) mass is 434 g/mol. The second kappa shape index (κ2) is 11.0. The first-order chi connectivity index (χ1) is 15.0. The van der Waals surface area contributed by atoms with Gasteiger partial charge in [-0.25, -0.2) is 4.98 Å². The Labute approximate surface area is 189 Å². The molecule has 0 aliphatic carbocycles. The molecule has 0 aliphatic heterocycles. The van der Waals surface area contributed by atoms with E-state index in [1.54, 1.807) is 0 Å². The summed E-state index contributed by atoms with van der Waals surface area (Å²) in [6.45, 7) is 8.94. The second-order valence-electron chi connectivity index (χ2n) is 7.68. The van der Waals surface area contributed by atoms with Crippen LogP contribution in [0.25, 0.3) is 22.5 Å². The third-order valence-corrected chi connectivity index (χ3v) is 6.27. The highest BCUT2D eigenvalue weighted by Crippen LogP contribution is 2.31. The van der Waals surface area contributed by atoms with Crippen LogP contribution >= 0.6 is 11.8 Å². The van der Waals surface area contributed by atoms with E-state index in [0.717, 1.165) is 35.4 Å². The van der Waals surface area contributed by atoms with Crippen molar-refractivity contribution < 1.29 is 4.79 Å². The molecule has 2 aromatic carbocycles. The lowest BCUT2D eigenvalue weighted by atomic mass is 10.0. The van der Waals surface area contributed by atoms with Crippen molar-refractivity contribution in [2.45, 2.75) is 57.4 Å². The van der Waals surface area contributed by atoms with Crippen molar-refractivity contribution in [3.05, 3.63) is 59.7 Å². The Hall–Kier alpha value is -2.73. The molecule has 0 bridgehead atoms. The topological polar surface area (TPSA) is 67.8 Å². The predicted octanol–water partition coefficient (Wildman–Crippen LogP) is 5.61. The van der Waals surface area contributed by atoms with Crippen molar-refractivity contribution in [2.75, 3.05) is 6.54 Å². The summed E-state index contributed by atoms with van der Waals surface area (Å²) >= 11 is 1.38. The largest absolute Gasteiger partial charge is 0.355 e. The molecular formula is C25H30N4OS. The number of rotatable bonds is 9. The first-order valence-corrected chi connectivity index (χ1v) is 11.7. The number of nitrogens with zero attached hydrogens (tertiary/aromatic N) is 3. The summed E-state index contributed by atoms with van der Waals surface area (Å²) in [4.78, 5) is 17.4. The molecule has 5 nitrogen and oxygen atoms in total. The molecule has 3 rings (SSSR count). The number of aryl methyl sites for hydroxylation is 2. The van der Waals surface area contributed by atoms with E-state index >= 15 is 0 Å². The number of carbonyl (C=O) groups is 1. The predicted molar refractivity (Wildman–Crippen MR) is 128 cm³/mol. The Morgan fingerprint density at radius 3 is 2.03 bits per heavy atom. The molecule has 31 heavy (non-hydrogen) atoms. The zero-order valence-electron chi connectivity index (χ0n) is 18.7. The van der Waals surface area contributed by atoms with Gasteiger partial charge >= 0.3 is 0 Å². The molecular weight excluding hydrogens is 404 g/mol. The highest BCUT2D eigenvalue weighted by molar-refractivity contribution is 8.00. The molecule has 1 heterocycles. The summed E-state index contributed by atoms with van der Waals surface area (Å²) < 4.78 is 0. The van der Waals surface area contributed by atoms with Gasteiger partial charge in [-0.3, -0.25) is 4.79 Å². The summed E-state index contributed by atoms with van der Waals surface area (Å²) in [5, 5.41) is 12.2. The minimum absolute atomic E-state index is 0.0315. The summed E-state index contributed by atoms with van der Waals surface area (Å²) in [7, 11) is 0. The van der Waals surface area contributed by atoms with Gasteiger partial charge in [0.1, 0.15) is 11.4 Å². The Balaban J connectivity index is 1.94. The molecule has 1 aromatic heterocycles. The number of benzene rings is 2. The highest BCUT2D eigenvalue weighted by Gasteiger charge is 2.21. The quantitative estimate of drug-likeness (QED) is 0.350. The normalized spacial score (nSPS) is 11.9. The van der Waals surface area contributed by atoms with E-state index in [0.29, 0.717) is 18.1 Å². The minimum atomic E-state index is -0.241. The maximum absolute atomic E-state index is 12.6. The van der Waals surface area contributed by atoms with Crippen LogP contribution in [0.4, 0.5) is 0 Å². The molecule has 0 fully saturated rings. The molecule has 1 amide bonds. The van der Waals surface area contributed by atoms with E-state index < -0.39 is 0 Å². The third kappa shape index (κ3) is 6.14. The minimum Gasteiger partial charge on any atom is -0.355 e. The number of hydrogen-bond donors (Lipinski definition) is 1. The lowest BCUT2D eigenvalue weighted by molar-refractivity contribution is -0.120. The van der Waals surface area contributed by atoms with Gasteiger partial charge in [0.2, 0.25) is 11.1 Å². The fraction of sp³-hybridized carbons (Fsp3) is 0.360. The zero-order valence-corrected chi connectivity index (χ0v) is 19.5. The fourth-order valence-electron chi connectivity index (χ4n) is 3.13. The van der Waals surface area contributed by atoms with Gasteiger partial charge in [-0.1, -0.05) is 91.7 Å². The molecule has 1 N–H and O–H groups in total. The van der Waals surface area contributed by atoms with Gasteiger partial charge in [-0.2, -0.15) is 0 Å². The molecule has 1 atom stereocenters. The van der Waals surface area contributed by atoms with Crippen LogP contribution in [0.1, 0.15) is 44.2 Å². The van der Waals surface area contributed by atoms with Crippen LogP contribution in [-0.2, 0) is 4.79 Å². The number of aromatic nitrogens is 3. The van der Waals surface area contributed by atoms with E-state index in [2.05, 4.69) is 72.7 Å². The van der Waals surface area contributed by atoms with Gasteiger partial charge in [-0.15, -0.1) is 10.2 Å². The number of unbranched alkanes of at least 4 members (excludes halogenated alkanes) is 1. The average Bonchev–Trinajstić information content (AvgIpc) is 2.78. The Kier molecular flexibility index (Phi) is 8.18. The van der Waals surface area contributed by atoms with Crippen LogP contribution in [0.3, 0.4) is 0 Å². The van der Waals surface area contributed by atoms with Gasteiger partial charge in [-0.05, 0) is 26.7 Å². The number of carbonyl (C=O) groups excluding carboxylic acids is 1. The Morgan fingerprint density at radius 2 is 1.48 bits per heavy atom. The molecule has 162 valence electrons. The standard InChI is InChI=1S/C25H30N4OS/c1-5-7-16-26-24(30)21(6-2)31-25-27-22(19-12-8-17(3)9-13-19)23(28-29-25)20-14-10-18(4)11-15-20/h8-15,21H,5-7,16H2,1-4H3,(H,26,30)/t21-/m1/s1. The maximum Gasteiger partial charge on any atom is 0.233 e. The maximum atomic E-state index is 12.6. The van der Waals surface area contributed by atoms with E-state index in [9.17, 15) is 4.79 Å². The SMILES string of the molecule is CCCCNC(=O)[C@@H](CC)Sc1nnc(-c2ccc(C)cc2)c(-c2ccc(C)cc2)n1. The van der Waals surface area contributed by atoms with Crippen molar-refractivity contribution in [3.63, 3.8) is 0 Å². The molecule has 0 spiro atoms. The van der Waals surface area contributed by atoms with Crippen LogP contribution in [0.15, 0.2) is 53.7 Å². The number of thioether (sulfide) groups is 1. The van der Waals surface area contributed by atoms with E-state index in [-0.39, 0.29) is 11.2 Å². The molecule has 0 radical (unpaired) electrons. The summed E-state index contributed by atoms with van der Waals surface area (Å²) in [5.74, 6) is 0.0315. The van der Waals surface area contributed by atoms with Crippen LogP contribution < -0.4 is 5.32 Å². The average molecular weight is 435 g/mol. The van der Waals surface area contributed by atoms with Gasteiger partial charge in [0.15, 0.2) is 0 Å². The van der Waals surface area contributed by atoms with Crippen LogP contribution in [-0.4, -0.2) is 32.9 Å². The molecule has 6 heteroatoms. The first kappa shape index (κ1) is 22.9. The zero-order chi connectivity index (χ0) is 22.2. The molecule has 0 aliphatic rings. The fourth-order valence-corrected chi connectivity index (χ4v) is 3.97. The molecule has 0 saturated heterocycles.